The lowest BCUT2D eigenvalue weighted by atomic mass is 10.1. The van der Waals surface area contributed by atoms with Crippen molar-refractivity contribution in [2.45, 2.75) is 26.3 Å². The second kappa shape index (κ2) is 6.62. The number of carbonyl (C=O) groups excluding carboxylic acids is 1. The highest BCUT2D eigenvalue weighted by Gasteiger charge is 2.15. The third-order valence-corrected chi connectivity index (χ3v) is 2.19. The molecule has 1 aromatic rings. The van der Waals surface area contributed by atoms with E-state index in [-0.39, 0.29) is 23.7 Å². The van der Waals surface area contributed by atoms with Crippen molar-refractivity contribution in [3.05, 3.63) is 29.8 Å². The number of carbonyl (C=O) groups is 1. The van der Waals surface area contributed by atoms with Crippen LogP contribution in [0.2, 0.25) is 0 Å². The van der Waals surface area contributed by atoms with Gasteiger partial charge in [0.25, 0.3) is 0 Å². The first-order valence-electron chi connectivity index (χ1n) is 5.35. The third kappa shape index (κ3) is 5.20. The standard InChI is InChI=1S/C13H19NO2.ClH/c1-13(2,3)14-9-11(15)10-7-5-6-8-12(10)16-4;/h5-8,14H,9H2,1-4H3;1H. The summed E-state index contributed by atoms with van der Waals surface area (Å²) in [6, 6.07) is 7.27. The predicted molar refractivity (Wildman–Crippen MR) is 72.3 cm³/mol. The Balaban J connectivity index is 0.00000256. The summed E-state index contributed by atoms with van der Waals surface area (Å²) in [7, 11) is 1.57. The first-order chi connectivity index (χ1) is 7.44. The number of para-hydroxylation sites is 1. The number of ketones is 1. The van der Waals surface area contributed by atoms with Crippen molar-refractivity contribution in [3.8, 4) is 5.75 Å². The fourth-order valence-corrected chi connectivity index (χ4v) is 1.32. The first kappa shape index (κ1) is 15.9. The van der Waals surface area contributed by atoms with Crippen LogP contribution >= 0.6 is 12.4 Å². The zero-order chi connectivity index (χ0) is 12.2. The maximum Gasteiger partial charge on any atom is 0.180 e. The number of benzene rings is 1. The van der Waals surface area contributed by atoms with Crippen LogP contribution in [0.1, 0.15) is 31.1 Å². The Kier molecular flexibility index (Phi) is 6.21. The summed E-state index contributed by atoms with van der Waals surface area (Å²) in [4.78, 5) is 11.9. The summed E-state index contributed by atoms with van der Waals surface area (Å²) >= 11 is 0. The van der Waals surface area contributed by atoms with E-state index in [1.807, 2.05) is 32.9 Å². The summed E-state index contributed by atoms with van der Waals surface area (Å²) in [5, 5.41) is 3.17. The van der Waals surface area contributed by atoms with Crippen LogP contribution in [0.5, 0.6) is 5.75 Å². The predicted octanol–water partition coefficient (Wildman–Crippen LogP) is 2.69. The van der Waals surface area contributed by atoms with E-state index in [1.165, 1.54) is 0 Å². The highest BCUT2D eigenvalue weighted by Crippen LogP contribution is 2.17. The van der Waals surface area contributed by atoms with Crippen molar-refractivity contribution in [2.24, 2.45) is 0 Å². The van der Waals surface area contributed by atoms with Gasteiger partial charge in [0.1, 0.15) is 5.75 Å². The van der Waals surface area contributed by atoms with E-state index in [2.05, 4.69) is 5.32 Å². The van der Waals surface area contributed by atoms with E-state index in [0.29, 0.717) is 17.9 Å². The smallest absolute Gasteiger partial charge is 0.180 e. The molecule has 0 spiro atoms. The van der Waals surface area contributed by atoms with Crippen LogP contribution in [0.25, 0.3) is 0 Å². The second-order valence-corrected chi connectivity index (χ2v) is 4.73. The highest BCUT2D eigenvalue weighted by molar-refractivity contribution is 6.00. The summed E-state index contributed by atoms with van der Waals surface area (Å²) < 4.78 is 5.15. The van der Waals surface area contributed by atoms with Crippen LogP contribution in [0.4, 0.5) is 0 Å². The van der Waals surface area contributed by atoms with Crippen molar-refractivity contribution < 1.29 is 9.53 Å². The molecule has 1 aromatic carbocycles. The van der Waals surface area contributed by atoms with Crippen molar-refractivity contribution in [2.75, 3.05) is 13.7 Å². The molecule has 0 fully saturated rings. The Morgan fingerprint density at radius 2 is 1.88 bits per heavy atom. The average Bonchev–Trinajstić information content (AvgIpc) is 2.25. The van der Waals surface area contributed by atoms with Gasteiger partial charge in [-0.05, 0) is 32.9 Å². The summed E-state index contributed by atoms with van der Waals surface area (Å²) in [6.07, 6.45) is 0. The zero-order valence-electron chi connectivity index (χ0n) is 10.7. The van der Waals surface area contributed by atoms with Gasteiger partial charge < -0.3 is 10.1 Å². The quantitative estimate of drug-likeness (QED) is 0.843. The van der Waals surface area contributed by atoms with Gasteiger partial charge in [-0.25, -0.2) is 0 Å². The molecule has 1 N–H and O–H groups in total. The van der Waals surface area contributed by atoms with Gasteiger partial charge in [-0.3, -0.25) is 4.79 Å². The van der Waals surface area contributed by atoms with Crippen LogP contribution in [-0.2, 0) is 0 Å². The number of nitrogens with one attached hydrogen (secondary N) is 1. The van der Waals surface area contributed by atoms with Crippen molar-refractivity contribution in [3.63, 3.8) is 0 Å². The monoisotopic (exact) mass is 257 g/mol. The highest BCUT2D eigenvalue weighted by atomic mass is 35.5. The van der Waals surface area contributed by atoms with Crippen LogP contribution in [0.15, 0.2) is 24.3 Å². The first-order valence-corrected chi connectivity index (χ1v) is 5.35. The van der Waals surface area contributed by atoms with Gasteiger partial charge in [-0.1, -0.05) is 12.1 Å². The van der Waals surface area contributed by atoms with Crippen LogP contribution in [0, 0.1) is 0 Å². The average molecular weight is 258 g/mol. The maximum atomic E-state index is 11.9. The fourth-order valence-electron chi connectivity index (χ4n) is 1.32. The molecule has 0 amide bonds. The molecule has 0 aliphatic heterocycles. The lowest BCUT2D eigenvalue weighted by Crippen LogP contribution is -2.39. The minimum atomic E-state index is -0.0579. The largest absolute Gasteiger partial charge is 0.496 e. The number of hydrogen-bond donors (Lipinski definition) is 1. The minimum absolute atomic E-state index is 0. The lowest BCUT2D eigenvalue weighted by Gasteiger charge is -2.20. The molecule has 0 atom stereocenters. The molecule has 3 nitrogen and oxygen atoms in total. The second-order valence-electron chi connectivity index (χ2n) is 4.73. The van der Waals surface area contributed by atoms with E-state index in [9.17, 15) is 4.79 Å². The molecule has 0 aromatic heterocycles. The van der Waals surface area contributed by atoms with Gasteiger partial charge in [-0.15, -0.1) is 12.4 Å². The molecule has 1 rings (SSSR count). The third-order valence-electron chi connectivity index (χ3n) is 2.19. The van der Waals surface area contributed by atoms with Gasteiger partial charge in [0.15, 0.2) is 5.78 Å². The zero-order valence-corrected chi connectivity index (χ0v) is 11.6. The number of rotatable bonds is 4. The van der Waals surface area contributed by atoms with Crippen molar-refractivity contribution in [1.29, 1.82) is 0 Å². The lowest BCUT2D eigenvalue weighted by molar-refractivity contribution is 0.0979. The molecule has 0 bridgehead atoms. The molecule has 0 heterocycles. The van der Waals surface area contributed by atoms with Gasteiger partial charge >= 0.3 is 0 Å². The van der Waals surface area contributed by atoms with E-state index >= 15 is 0 Å². The Morgan fingerprint density at radius 1 is 1.29 bits per heavy atom. The van der Waals surface area contributed by atoms with E-state index < -0.39 is 0 Å². The van der Waals surface area contributed by atoms with E-state index in [0.717, 1.165) is 0 Å². The number of Topliss-reactive ketones (excluding diaryl/α,β-unsaturated/α-hetero) is 1. The molecule has 4 heteroatoms. The van der Waals surface area contributed by atoms with E-state index in [1.54, 1.807) is 19.2 Å². The van der Waals surface area contributed by atoms with Gasteiger partial charge in [0.2, 0.25) is 0 Å². The molecule has 0 aliphatic rings. The molecule has 0 saturated heterocycles. The Hall–Kier alpha value is -1.06. The van der Waals surface area contributed by atoms with Gasteiger partial charge in [0.05, 0.1) is 19.2 Å². The number of methoxy groups -OCH3 is 1. The molecular weight excluding hydrogens is 238 g/mol. The molecule has 96 valence electrons. The van der Waals surface area contributed by atoms with Crippen LogP contribution < -0.4 is 10.1 Å². The number of ether oxygens (including phenoxy) is 1. The Labute approximate surface area is 109 Å². The topological polar surface area (TPSA) is 38.3 Å². The molecule has 0 unspecified atom stereocenters. The Bertz CT molecular complexity index is 372. The van der Waals surface area contributed by atoms with Crippen molar-refractivity contribution in [1.82, 2.24) is 5.32 Å². The summed E-state index contributed by atoms with van der Waals surface area (Å²) in [5.74, 6) is 0.676. The molecule has 0 saturated carbocycles. The molecule has 17 heavy (non-hydrogen) atoms. The molecule has 0 aliphatic carbocycles. The maximum absolute atomic E-state index is 11.9. The summed E-state index contributed by atoms with van der Waals surface area (Å²) in [6.45, 7) is 6.41. The number of hydrogen-bond acceptors (Lipinski definition) is 3. The molecular formula is C13H20ClNO2. The summed E-state index contributed by atoms with van der Waals surface area (Å²) in [5.41, 5.74) is 0.569. The Morgan fingerprint density at radius 3 is 2.41 bits per heavy atom. The number of halogens is 1. The van der Waals surface area contributed by atoms with Crippen molar-refractivity contribution >= 4 is 18.2 Å². The van der Waals surface area contributed by atoms with E-state index in [4.69, 9.17) is 4.74 Å². The molecule has 0 radical (unpaired) electrons. The fraction of sp³-hybridized carbons (Fsp3) is 0.462. The van der Waals surface area contributed by atoms with Crippen LogP contribution in [0.3, 0.4) is 0 Å². The minimum Gasteiger partial charge on any atom is -0.496 e. The van der Waals surface area contributed by atoms with Gasteiger partial charge in [0, 0.05) is 5.54 Å². The van der Waals surface area contributed by atoms with Gasteiger partial charge in [-0.2, -0.15) is 0 Å². The van der Waals surface area contributed by atoms with Crippen LogP contribution in [-0.4, -0.2) is 25.0 Å². The normalized spacial score (nSPS) is 10.6. The SMILES string of the molecule is COc1ccccc1C(=O)CNC(C)(C)C.Cl.